The number of amides is 2. The van der Waals surface area contributed by atoms with Gasteiger partial charge in [0.2, 0.25) is 11.8 Å². The van der Waals surface area contributed by atoms with E-state index in [2.05, 4.69) is 334 Å². The lowest BCUT2D eigenvalue weighted by atomic mass is 9.77. The molecule has 2 N–H and O–H groups in total. The molecule has 542 valence electrons. The fourth-order valence-electron chi connectivity index (χ4n) is 15.3. The minimum absolute atomic E-state index is 0.294. The molecule has 0 heterocycles. The van der Waals surface area contributed by atoms with Gasteiger partial charge < -0.3 is 9.80 Å². The number of hydrogen-bond donors (Lipinski definition) is 2. The third kappa shape index (κ3) is 24.8. The summed E-state index contributed by atoms with van der Waals surface area (Å²) in [5.74, 6) is 0.587. The summed E-state index contributed by atoms with van der Waals surface area (Å²) in [7, 11) is 0. The summed E-state index contributed by atoms with van der Waals surface area (Å²) < 4.78 is 0. The molecule has 0 saturated carbocycles. The van der Waals surface area contributed by atoms with Crippen molar-refractivity contribution in [3.63, 3.8) is 0 Å². The van der Waals surface area contributed by atoms with Crippen LogP contribution in [0.25, 0.3) is 0 Å². The van der Waals surface area contributed by atoms with Crippen molar-refractivity contribution in [1.29, 1.82) is 0 Å². The molecule has 0 radical (unpaired) electrons. The molecule has 0 unspecified atom stereocenters. The summed E-state index contributed by atoms with van der Waals surface area (Å²) in [5.41, 5.74) is 11.4. The highest BCUT2D eigenvalue weighted by atomic mass is 16.2. The summed E-state index contributed by atoms with van der Waals surface area (Å²) >= 11 is 0. The van der Waals surface area contributed by atoms with Crippen molar-refractivity contribution in [2.45, 2.75) is 166 Å². The molecule has 0 bridgehead atoms. The molecule has 0 aliphatic rings. The van der Waals surface area contributed by atoms with Crippen molar-refractivity contribution in [3.05, 3.63) is 359 Å². The van der Waals surface area contributed by atoms with Crippen LogP contribution in [0.1, 0.15) is 184 Å². The van der Waals surface area contributed by atoms with Crippen molar-refractivity contribution in [1.82, 2.24) is 30.2 Å². The Labute approximate surface area is 625 Å². The fraction of sp³-hybridized carbons (Fsp3) is 0.354. The Balaban J connectivity index is 0.667. The van der Waals surface area contributed by atoms with Gasteiger partial charge >= 0.3 is 0 Å². The quantitative estimate of drug-likeness (QED) is 0.0292. The monoisotopic (exact) mass is 1380 g/mol. The predicted octanol–water partition coefficient (Wildman–Crippen LogP) is 21.0. The Bertz CT molecular complexity index is 3340. The third-order valence-corrected chi connectivity index (χ3v) is 20.8. The maximum absolute atomic E-state index is 14.4. The number of hydrogen-bond acceptors (Lipinski definition) is 6. The molecule has 10 aromatic carbocycles. The normalized spacial score (nSPS) is 11.7. The highest BCUT2D eigenvalue weighted by molar-refractivity contribution is 5.76. The lowest BCUT2D eigenvalue weighted by Gasteiger charge is -2.37. The van der Waals surface area contributed by atoms with E-state index >= 15 is 0 Å². The van der Waals surface area contributed by atoms with E-state index in [0.29, 0.717) is 24.7 Å². The first-order valence-electron chi connectivity index (χ1n) is 39.5. The molecule has 0 aromatic heterocycles. The van der Waals surface area contributed by atoms with Gasteiger partial charge in [0.1, 0.15) is 0 Å². The van der Waals surface area contributed by atoms with E-state index < -0.39 is 11.1 Å². The van der Waals surface area contributed by atoms with Gasteiger partial charge in [0.05, 0.1) is 11.1 Å². The molecule has 10 rings (SSSR count). The van der Waals surface area contributed by atoms with Crippen LogP contribution in [0.4, 0.5) is 0 Å². The average molecular weight is 1390 g/mol. The van der Waals surface area contributed by atoms with Crippen LogP contribution in [-0.4, -0.2) is 83.8 Å². The van der Waals surface area contributed by atoms with E-state index in [0.717, 1.165) is 143 Å². The Morgan fingerprint density at radius 2 is 0.413 bits per heavy atom. The van der Waals surface area contributed by atoms with Crippen LogP contribution in [0.3, 0.4) is 0 Å². The van der Waals surface area contributed by atoms with Crippen LogP contribution < -0.4 is 10.6 Å². The first-order valence-corrected chi connectivity index (χ1v) is 39.5. The predicted molar refractivity (Wildman–Crippen MR) is 434 cm³/mol. The van der Waals surface area contributed by atoms with Gasteiger partial charge in [-0.3, -0.25) is 30.0 Å². The van der Waals surface area contributed by atoms with Crippen molar-refractivity contribution >= 4 is 11.8 Å². The van der Waals surface area contributed by atoms with E-state index in [4.69, 9.17) is 0 Å². The van der Waals surface area contributed by atoms with Crippen molar-refractivity contribution < 1.29 is 9.59 Å². The average Bonchev–Trinajstić information content (AvgIpc) is 0.766. The zero-order chi connectivity index (χ0) is 71.6. The lowest BCUT2D eigenvalue weighted by Crippen LogP contribution is -2.46. The molecule has 10 aromatic rings. The van der Waals surface area contributed by atoms with Crippen LogP contribution in [0.5, 0.6) is 0 Å². The number of rotatable bonds is 49. The maximum Gasteiger partial charge on any atom is 0.222 e. The standard InChI is InChI=1S/C96H116N6O2/c103-93(101(75-45-43-73-99(79-83-49-21-11-22-50-83)80-84-51-23-12-24-52-84)77-47-71-97-95(87-57-29-15-30-58-87,88-59-31-16-32-60-88)89-61-33-17-34-62-89)69-41-9-7-5-3-1-2-4-6-8-10-42-70-94(104)102(76-46-44-74-100(81-85-53-25-13-26-54-85)82-86-55-27-14-28-56-86)78-48-72-98-96(90-63-35-18-36-64-90,91-65-37-19-38-66-91)92-67-39-20-40-68-92/h11-40,49-68,97-98H,1-10,41-48,69-82H2. The van der Waals surface area contributed by atoms with Gasteiger partial charge in [0.15, 0.2) is 0 Å². The number of carbonyl (C=O) groups excluding carboxylic acids is 2. The first-order chi connectivity index (χ1) is 51.5. The first kappa shape index (κ1) is 77.6. The SMILES string of the molecule is O=C(CCCCCCCCCCCCCCC(=O)N(CCCCN(Cc1ccccc1)Cc1ccccc1)CCCNC(c1ccccc1)(c1ccccc1)c1ccccc1)N(CCCCN(Cc1ccccc1)Cc1ccccc1)CCCNC(c1ccccc1)(c1ccccc1)c1ccccc1. The maximum atomic E-state index is 14.4. The zero-order valence-electron chi connectivity index (χ0n) is 62.1. The second kappa shape index (κ2) is 44.6. The number of nitrogens with one attached hydrogen (secondary N) is 2. The molecule has 8 nitrogen and oxygen atoms in total. The molecule has 0 saturated heterocycles. The second-order valence-electron chi connectivity index (χ2n) is 28.5. The summed E-state index contributed by atoms with van der Waals surface area (Å²) in [6.07, 6.45) is 20.8. The van der Waals surface area contributed by atoms with Crippen molar-refractivity contribution in [2.75, 3.05) is 52.4 Å². The highest BCUT2D eigenvalue weighted by Gasteiger charge is 2.37. The van der Waals surface area contributed by atoms with Gasteiger partial charge in [-0.15, -0.1) is 0 Å². The molecular formula is C96H116N6O2. The van der Waals surface area contributed by atoms with Gasteiger partial charge in [-0.2, -0.15) is 0 Å². The molecule has 104 heavy (non-hydrogen) atoms. The lowest BCUT2D eigenvalue weighted by molar-refractivity contribution is -0.132. The van der Waals surface area contributed by atoms with Gasteiger partial charge in [-0.05, 0) is 133 Å². The number of carbonyl (C=O) groups is 2. The van der Waals surface area contributed by atoms with Gasteiger partial charge in [-0.1, -0.05) is 368 Å². The molecule has 8 heteroatoms. The Morgan fingerprint density at radius 1 is 0.221 bits per heavy atom. The largest absolute Gasteiger partial charge is 0.343 e. The van der Waals surface area contributed by atoms with E-state index in [1.165, 1.54) is 107 Å². The van der Waals surface area contributed by atoms with Gasteiger partial charge in [-0.25, -0.2) is 0 Å². The van der Waals surface area contributed by atoms with E-state index in [1.807, 2.05) is 0 Å². The minimum Gasteiger partial charge on any atom is -0.343 e. The molecule has 0 atom stereocenters. The fourth-order valence-corrected chi connectivity index (χ4v) is 15.3. The van der Waals surface area contributed by atoms with Gasteiger partial charge in [0.25, 0.3) is 0 Å². The Kier molecular flexibility index (Phi) is 33.3. The minimum atomic E-state index is -0.545. The highest BCUT2D eigenvalue weighted by Crippen LogP contribution is 2.38. The zero-order valence-corrected chi connectivity index (χ0v) is 62.1. The molecule has 2 amide bonds. The summed E-state index contributed by atoms with van der Waals surface area (Å²) in [6, 6.07) is 108. The molecular weight excluding hydrogens is 1270 g/mol. The molecule has 0 aliphatic carbocycles. The number of nitrogens with zero attached hydrogens (tertiary/aromatic N) is 4. The van der Waals surface area contributed by atoms with Crippen molar-refractivity contribution in [3.8, 4) is 0 Å². The number of benzene rings is 10. The molecule has 0 fully saturated rings. The third-order valence-electron chi connectivity index (χ3n) is 20.8. The molecule has 0 aliphatic heterocycles. The Hall–Kier alpha value is -9.02. The van der Waals surface area contributed by atoms with E-state index in [9.17, 15) is 9.59 Å². The summed E-state index contributed by atoms with van der Waals surface area (Å²) in [4.78, 5) is 38.3. The smallest absolute Gasteiger partial charge is 0.222 e. The van der Waals surface area contributed by atoms with Crippen molar-refractivity contribution in [2.24, 2.45) is 0 Å². The van der Waals surface area contributed by atoms with Crippen LogP contribution in [0.2, 0.25) is 0 Å². The Morgan fingerprint density at radius 3 is 0.644 bits per heavy atom. The van der Waals surface area contributed by atoms with Crippen LogP contribution in [-0.2, 0) is 46.8 Å². The second-order valence-corrected chi connectivity index (χ2v) is 28.5. The number of unbranched alkanes of at least 4 members (excludes halogenated alkanes) is 13. The van der Waals surface area contributed by atoms with Gasteiger partial charge in [0, 0.05) is 65.2 Å². The summed E-state index contributed by atoms with van der Waals surface area (Å²) in [6.45, 7) is 10.0. The van der Waals surface area contributed by atoms with E-state index in [-0.39, 0.29) is 0 Å². The summed E-state index contributed by atoms with van der Waals surface area (Å²) in [5, 5.41) is 8.17. The van der Waals surface area contributed by atoms with E-state index in [1.54, 1.807) is 0 Å². The van der Waals surface area contributed by atoms with Crippen LogP contribution in [0, 0.1) is 0 Å². The van der Waals surface area contributed by atoms with Crippen LogP contribution in [0.15, 0.2) is 303 Å². The molecule has 0 spiro atoms. The van der Waals surface area contributed by atoms with Crippen LogP contribution >= 0.6 is 0 Å². The topological polar surface area (TPSA) is 71.2 Å².